The maximum Gasteiger partial charge on any atom is -0.0316 e. The third kappa shape index (κ3) is 2.05. The van der Waals surface area contributed by atoms with Gasteiger partial charge in [0.25, 0.3) is 0 Å². The van der Waals surface area contributed by atoms with E-state index in [-0.39, 0.29) is 0 Å². The van der Waals surface area contributed by atoms with Crippen molar-refractivity contribution in [1.82, 2.24) is 0 Å². The zero-order valence-corrected chi connectivity index (χ0v) is 6.01. The summed E-state index contributed by atoms with van der Waals surface area (Å²) >= 11 is 0. The SMILES string of the molecule is C=C/C=C\C[C@H]1C[C@@H]1C. The number of hydrogen-bond donors (Lipinski definition) is 0. The largest absolute Gasteiger partial charge is 0.0991 e. The van der Waals surface area contributed by atoms with E-state index in [1.165, 1.54) is 12.8 Å². The first-order valence-corrected chi connectivity index (χ1v) is 3.62. The Bertz CT molecular complexity index is 122. The second kappa shape index (κ2) is 2.86. The van der Waals surface area contributed by atoms with Crippen LogP contribution in [-0.4, -0.2) is 0 Å². The van der Waals surface area contributed by atoms with Crippen molar-refractivity contribution in [3.8, 4) is 0 Å². The first-order chi connectivity index (χ1) is 4.34. The van der Waals surface area contributed by atoms with Gasteiger partial charge in [-0.05, 0) is 24.7 Å². The standard InChI is InChI=1S/C9H14/c1-3-4-5-6-9-7-8(9)2/h3-5,8-9H,1,6-7H2,2H3/b5-4-/t8-,9-/m0/s1. The summed E-state index contributed by atoms with van der Waals surface area (Å²) in [5.41, 5.74) is 0. The van der Waals surface area contributed by atoms with Crippen molar-refractivity contribution in [3.05, 3.63) is 24.8 Å². The fourth-order valence-corrected chi connectivity index (χ4v) is 1.08. The van der Waals surface area contributed by atoms with Crippen molar-refractivity contribution >= 4 is 0 Å². The van der Waals surface area contributed by atoms with Crippen molar-refractivity contribution in [2.75, 3.05) is 0 Å². The molecule has 0 aliphatic heterocycles. The van der Waals surface area contributed by atoms with E-state index in [0.29, 0.717) is 0 Å². The maximum atomic E-state index is 3.61. The molecule has 0 saturated heterocycles. The first kappa shape index (κ1) is 6.60. The first-order valence-electron chi connectivity index (χ1n) is 3.62. The van der Waals surface area contributed by atoms with Crippen LogP contribution in [-0.2, 0) is 0 Å². The molecule has 0 aromatic carbocycles. The molecular formula is C9H14. The highest BCUT2D eigenvalue weighted by atomic mass is 14.4. The molecule has 50 valence electrons. The Morgan fingerprint density at radius 3 is 2.78 bits per heavy atom. The number of allylic oxidation sites excluding steroid dienone is 3. The number of hydrogen-bond acceptors (Lipinski definition) is 0. The summed E-state index contributed by atoms with van der Waals surface area (Å²) < 4.78 is 0. The van der Waals surface area contributed by atoms with Crippen molar-refractivity contribution in [2.45, 2.75) is 19.8 Å². The van der Waals surface area contributed by atoms with Crippen LogP contribution in [0.3, 0.4) is 0 Å². The Balaban J connectivity index is 2.06. The van der Waals surface area contributed by atoms with E-state index in [1.807, 2.05) is 12.2 Å². The molecule has 9 heavy (non-hydrogen) atoms. The lowest BCUT2D eigenvalue weighted by atomic mass is 10.2. The van der Waals surface area contributed by atoms with Gasteiger partial charge in [0.2, 0.25) is 0 Å². The molecular weight excluding hydrogens is 108 g/mol. The molecule has 0 spiro atoms. The monoisotopic (exact) mass is 122 g/mol. The molecule has 0 aromatic rings. The second-order valence-electron chi connectivity index (χ2n) is 2.87. The predicted octanol–water partition coefficient (Wildman–Crippen LogP) is 2.77. The zero-order valence-electron chi connectivity index (χ0n) is 6.01. The van der Waals surface area contributed by atoms with Crippen molar-refractivity contribution < 1.29 is 0 Å². The van der Waals surface area contributed by atoms with Gasteiger partial charge in [-0.25, -0.2) is 0 Å². The summed E-state index contributed by atoms with van der Waals surface area (Å²) in [6, 6.07) is 0. The topological polar surface area (TPSA) is 0 Å². The third-order valence-electron chi connectivity index (χ3n) is 1.99. The third-order valence-corrected chi connectivity index (χ3v) is 1.99. The average molecular weight is 122 g/mol. The lowest BCUT2D eigenvalue weighted by Gasteiger charge is -1.84. The molecule has 1 fully saturated rings. The van der Waals surface area contributed by atoms with Gasteiger partial charge >= 0.3 is 0 Å². The number of rotatable bonds is 3. The molecule has 2 atom stereocenters. The van der Waals surface area contributed by atoms with Crippen molar-refractivity contribution in [1.29, 1.82) is 0 Å². The molecule has 0 unspecified atom stereocenters. The molecule has 0 aromatic heterocycles. The van der Waals surface area contributed by atoms with Crippen LogP contribution in [0.2, 0.25) is 0 Å². The Hall–Kier alpha value is -0.520. The maximum absolute atomic E-state index is 3.61. The van der Waals surface area contributed by atoms with Gasteiger partial charge in [-0.3, -0.25) is 0 Å². The molecule has 0 amide bonds. The van der Waals surface area contributed by atoms with Gasteiger partial charge in [0.1, 0.15) is 0 Å². The van der Waals surface area contributed by atoms with E-state index < -0.39 is 0 Å². The molecule has 1 rings (SSSR count). The summed E-state index contributed by atoms with van der Waals surface area (Å²) in [4.78, 5) is 0. The van der Waals surface area contributed by atoms with Crippen LogP contribution in [0, 0.1) is 11.8 Å². The molecule has 0 nitrogen and oxygen atoms in total. The Morgan fingerprint density at radius 1 is 1.67 bits per heavy atom. The van der Waals surface area contributed by atoms with Gasteiger partial charge in [-0.2, -0.15) is 0 Å². The molecule has 0 bridgehead atoms. The second-order valence-corrected chi connectivity index (χ2v) is 2.87. The fraction of sp³-hybridized carbons (Fsp3) is 0.556. The molecule has 0 heteroatoms. The van der Waals surface area contributed by atoms with Gasteiger partial charge in [-0.15, -0.1) is 0 Å². The smallest absolute Gasteiger partial charge is 0.0316 e. The van der Waals surface area contributed by atoms with Crippen LogP contribution in [0.5, 0.6) is 0 Å². The van der Waals surface area contributed by atoms with Crippen LogP contribution in [0.1, 0.15) is 19.8 Å². The summed E-state index contributed by atoms with van der Waals surface area (Å²) in [6.07, 6.45) is 8.77. The normalized spacial score (nSPS) is 33.0. The Morgan fingerprint density at radius 2 is 2.33 bits per heavy atom. The fourth-order valence-electron chi connectivity index (χ4n) is 1.08. The zero-order chi connectivity index (χ0) is 6.69. The van der Waals surface area contributed by atoms with Gasteiger partial charge < -0.3 is 0 Å². The Kier molecular flexibility index (Phi) is 2.10. The molecule has 0 N–H and O–H groups in total. The minimum atomic E-state index is 0.986. The van der Waals surface area contributed by atoms with E-state index in [0.717, 1.165) is 11.8 Å². The van der Waals surface area contributed by atoms with Crippen LogP contribution >= 0.6 is 0 Å². The lowest BCUT2D eigenvalue weighted by Crippen LogP contribution is -1.72. The van der Waals surface area contributed by atoms with E-state index in [4.69, 9.17) is 0 Å². The van der Waals surface area contributed by atoms with Gasteiger partial charge in [0, 0.05) is 0 Å². The summed E-state index contributed by atoms with van der Waals surface area (Å²) in [5, 5.41) is 0. The van der Waals surface area contributed by atoms with E-state index >= 15 is 0 Å². The van der Waals surface area contributed by atoms with Gasteiger partial charge in [-0.1, -0.05) is 31.7 Å². The van der Waals surface area contributed by atoms with E-state index in [9.17, 15) is 0 Å². The van der Waals surface area contributed by atoms with Crippen LogP contribution in [0.25, 0.3) is 0 Å². The van der Waals surface area contributed by atoms with Crippen LogP contribution in [0.15, 0.2) is 24.8 Å². The van der Waals surface area contributed by atoms with Crippen LogP contribution in [0.4, 0.5) is 0 Å². The highest BCUT2D eigenvalue weighted by Gasteiger charge is 2.30. The molecule has 1 aliphatic carbocycles. The molecule has 0 heterocycles. The minimum absolute atomic E-state index is 0.986. The van der Waals surface area contributed by atoms with Gasteiger partial charge in [0.15, 0.2) is 0 Å². The summed E-state index contributed by atoms with van der Waals surface area (Å²) in [6.45, 7) is 5.92. The highest BCUT2D eigenvalue weighted by Crippen LogP contribution is 2.40. The van der Waals surface area contributed by atoms with E-state index in [1.54, 1.807) is 0 Å². The molecule has 1 aliphatic rings. The summed E-state index contributed by atoms with van der Waals surface area (Å²) in [5.74, 6) is 1.97. The summed E-state index contributed by atoms with van der Waals surface area (Å²) in [7, 11) is 0. The van der Waals surface area contributed by atoms with Gasteiger partial charge in [0.05, 0.1) is 0 Å². The predicted molar refractivity (Wildman–Crippen MR) is 41.2 cm³/mol. The Labute approximate surface area is 57.3 Å². The minimum Gasteiger partial charge on any atom is -0.0991 e. The highest BCUT2D eigenvalue weighted by molar-refractivity contribution is 5.00. The van der Waals surface area contributed by atoms with Crippen molar-refractivity contribution in [3.63, 3.8) is 0 Å². The quantitative estimate of drug-likeness (QED) is 0.505. The van der Waals surface area contributed by atoms with Crippen LogP contribution < -0.4 is 0 Å². The average Bonchev–Trinajstić information content (AvgIpc) is 2.48. The molecule has 1 saturated carbocycles. The molecule has 0 radical (unpaired) electrons. The van der Waals surface area contributed by atoms with E-state index in [2.05, 4.69) is 19.6 Å². The van der Waals surface area contributed by atoms with Crippen molar-refractivity contribution in [2.24, 2.45) is 11.8 Å². The lowest BCUT2D eigenvalue weighted by molar-refractivity contribution is 0.766.